The van der Waals surface area contributed by atoms with Gasteiger partial charge in [-0.25, -0.2) is 4.79 Å². The molecule has 0 aliphatic rings. The van der Waals surface area contributed by atoms with Gasteiger partial charge in [-0.3, -0.25) is 15.4 Å². The average Bonchev–Trinajstić information content (AvgIpc) is 2.75. The highest BCUT2D eigenvalue weighted by Gasteiger charge is 2.42. The zero-order valence-corrected chi connectivity index (χ0v) is 22.1. The van der Waals surface area contributed by atoms with Gasteiger partial charge in [0.15, 0.2) is 5.66 Å². The van der Waals surface area contributed by atoms with Crippen LogP contribution in [0.5, 0.6) is 5.75 Å². The molecule has 35 heavy (non-hydrogen) atoms. The molecule has 1 atom stereocenters. The average molecular weight is 485 g/mol. The molecular weight excluding hydrogens is 444 g/mol. The van der Waals surface area contributed by atoms with E-state index in [4.69, 9.17) is 14.2 Å². The van der Waals surface area contributed by atoms with Crippen LogP contribution in [0.15, 0.2) is 54.6 Å². The predicted octanol–water partition coefficient (Wildman–Crippen LogP) is 4.39. The SMILES string of the molecule is CCOc1ccc(C[C@@](NCC(=O)OC(C)(C)C)(NCc2ccccc2)C(=O)OC(C)(C)C)cc1. The third-order valence-corrected chi connectivity index (χ3v) is 4.84. The maximum Gasteiger partial charge on any atom is 0.342 e. The van der Waals surface area contributed by atoms with Crippen LogP contribution >= 0.6 is 0 Å². The Balaban J connectivity index is 2.40. The summed E-state index contributed by atoms with van der Waals surface area (Å²) in [6.07, 6.45) is 0.240. The van der Waals surface area contributed by atoms with Crippen molar-refractivity contribution in [3.8, 4) is 5.75 Å². The number of esters is 2. The van der Waals surface area contributed by atoms with Crippen LogP contribution in [0.4, 0.5) is 0 Å². The summed E-state index contributed by atoms with van der Waals surface area (Å²) in [7, 11) is 0. The zero-order chi connectivity index (χ0) is 26.1. The molecule has 0 spiro atoms. The molecule has 7 nitrogen and oxygen atoms in total. The van der Waals surface area contributed by atoms with Gasteiger partial charge < -0.3 is 14.2 Å². The number of carbonyl (C=O) groups excluding carboxylic acids is 2. The molecule has 0 aliphatic heterocycles. The molecule has 0 saturated carbocycles. The van der Waals surface area contributed by atoms with Crippen LogP contribution in [0.3, 0.4) is 0 Å². The molecule has 192 valence electrons. The molecule has 2 aromatic rings. The quantitative estimate of drug-likeness (QED) is 0.361. The van der Waals surface area contributed by atoms with Crippen molar-refractivity contribution < 1.29 is 23.8 Å². The number of benzene rings is 2. The minimum Gasteiger partial charge on any atom is -0.494 e. The summed E-state index contributed by atoms with van der Waals surface area (Å²) in [5.74, 6) is -0.213. The van der Waals surface area contributed by atoms with Crippen molar-refractivity contribution in [2.75, 3.05) is 13.2 Å². The molecule has 0 aromatic heterocycles. The van der Waals surface area contributed by atoms with Crippen LogP contribution in [-0.2, 0) is 32.0 Å². The van der Waals surface area contributed by atoms with Gasteiger partial charge in [0, 0.05) is 13.0 Å². The highest BCUT2D eigenvalue weighted by atomic mass is 16.6. The fourth-order valence-corrected chi connectivity index (χ4v) is 3.40. The van der Waals surface area contributed by atoms with Gasteiger partial charge in [-0.2, -0.15) is 0 Å². The van der Waals surface area contributed by atoms with Crippen molar-refractivity contribution in [2.24, 2.45) is 0 Å². The number of hydrogen-bond donors (Lipinski definition) is 2. The van der Waals surface area contributed by atoms with E-state index in [0.29, 0.717) is 13.2 Å². The highest BCUT2D eigenvalue weighted by Crippen LogP contribution is 2.21. The molecule has 0 bridgehead atoms. The van der Waals surface area contributed by atoms with Gasteiger partial charge in [0.2, 0.25) is 0 Å². The van der Waals surface area contributed by atoms with Crippen LogP contribution in [-0.4, -0.2) is 42.0 Å². The second-order valence-electron chi connectivity index (χ2n) is 10.4. The van der Waals surface area contributed by atoms with Gasteiger partial charge in [0.25, 0.3) is 0 Å². The summed E-state index contributed by atoms with van der Waals surface area (Å²) in [5.41, 5.74) is -0.876. The Morgan fingerprint density at radius 2 is 1.37 bits per heavy atom. The van der Waals surface area contributed by atoms with Crippen molar-refractivity contribution in [2.45, 2.75) is 78.3 Å². The van der Waals surface area contributed by atoms with Gasteiger partial charge in [-0.1, -0.05) is 42.5 Å². The standard InChI is InChI=1S/C28H40N2O5/c1-8-33-23-16-14-21(15-17-23)18-28(25(32)35-27(5,6)7,29-19-22-12-10-9-11-13-22)30-20-24(31)34-26(2,3)4/h9-17,29-30H,8,18-20H2,1-7H3/t28-/m0/s1. The molecular formula is C28H40N2O5. The van der Waals surface area contributed by atoms with Crippen molar-refractivity contribution >= 4 is 11.9 Å². The Hall–Kier alpha value is -2.90. The lowest BCUT2D eigenvalue weighted by atomic mass is 9.97. The summed E-state index contributed by atoms with van der Waals surface area (Å²) >= 11 is 0. The van der Waals surface area contributed by atoms with Crippen LogP contribution in [0, 0.1) is 0 Å². The second kappa shape index (κ2) is 12.2. The molecule has 0 aliphatic carbocycles. The lowest BCUT2D eigenvalue weighted by Gasteiger charge is -2.36. The van der Waals surface area contributed by atoms with Crippen LogP contribution < -0.4 is 15.4 Å². The first-order valence-corrected chi connectivity index (χ1v) is 12.0. The molecule has 0 unspecified atom stereocenters. The van der Waals surface area contributed by atoms with E-state index in [1.807, 2.05) is 82.3 Å². The van der Waals surface area contributed by atoms with E-state index in [1.54, 1.807) is 20.8 Å². The molecule has 0 heterocycles. The Morgan fingerprint density at radius 3 is 1.91 bits per heavy atom. The minimum atomic E-state index is -1.38. The Kier molecular flexibility index (Phi) is 9.86. The van der Waals surface area contributed by atoms with E-state index in [-0.39, 0.29) is 13.0 Å². The number of hydrogen-bond acceptors (Lipinski definition) is 7. The van der Waals surface area contributed by atoms with Crippen LogP contribution in [0.1, 0.15) is 59.6 Å². The molecule has 2 N–H and O–H groups in total. The number of ether oxygens (including phenoxy) is 3. The molecule has 0 amide bonds. The first kappa shape index (κ1) is 28.3. The van der Waals surface area contributed by atoms with Crippen molar-refractivity contribution in [1.29, 1.82) is 0 Å². The molecule has 2 rings (SSSR count). The summed E-state index contributed by atoms with van der Waals surface area (Å²) in [5, 5.41) is 6.50. The maximum absolute atomic E-state index is 13.6. The summed E-state index contributed by atoms with van der Waals surface area (Å²) in [6.45, 7) is 13.6. The lowest BCUT2D eigenvalue weighted by molar-refractivity contribution is -0.166. The molecule has 7 heteroatoms. The minimum absolute atomic E-state index is 0.171. The Bertz CT molecular complexity index is 946. The summed E-state index contributed by atoms with van der Waals surface area (Å²) in [6, 6.07) is 17.3. The fraction of sp³-hybridized carbons (Fsp3) is 0.500. The molecule has 0 radical (unpaired) electrons. The van der Waals surface area contributed by atoms with E-state index in [0.717, 1.165) is 16.9 Å². The summed E-state index contributed by atoms with van der Waals surface area (Å²) < 4.78 is 16.8. The largest absolute Gasteiger partial charge is 0.494 e. The molecule has 0 saturated heterocycles. The number of carbonyl (C=O) groups is 2. The van der Waals surface area contributed by atoms with Gasteiger partial charge in [-0.15, -0.1) is 0 Å². The fourth-order valence-electron chi connectivity index (χ4n) is 3.40. The third-order valence-electron chi connectivity index (χ3n) is 4.84. The Morgan fingerprint density at radius 1 is 0.771 bits per heavy atom. The van der Waals surface area contributed by atoms with E-state index >= 15 is 0 Å². The molecule has 0 fully saturated rings. The van der Waals surface area contributed by atoms with Crippen LogP contribution in [0.2, 0.25) is 0 Å². The van der Waals surface area contributed by atoms with Gasteiger partial charge in [0.05, 0.1) is 13.2 Å². The van der Waals surface area contributed by atoms with Gasteiger partial charge in [-0.05, 0) is 71.7 Å². The molecule has 2 aromatic carbocycles. The monoisotopic (exact) mass is 484 g/mol. The number of nitrogens with one attached hydrogen (secondary N) is 2. The second-order valence-corrected chi connectivity index (χ2v) is 10.4. The predicted molar refractivity (Wildman–Crippen MR) is 137 cm³/mol. The zero-order valence-electron chi connectivity index (χ0n) is 22.1. The third kappa shape index (κ3) is 10.1. The van der Waals surface area contributed by atoms with Crippen molar-refractivity contribution in [1.82, 2.24) is 10.6 Å². The first-order valence-electron chi connectivity index (χ1n) is 12.0. The lowest BCUT2D eigenvalue weighted by Crippen LogP contribution is -2.66. The van der Waals surface area contributed by atoms with Gasteiger partial charge in [0.1, 0.15) is 17.0 Å². The normalized spacial score (nSPS) is 13.6. The Labute approximate surface area is 209 Å². The van der Waals surface area contributed by atoms with Crippen LogP contribution in [0.25, 0.3) is 0 Å². The van der Waals surface area contributed by atoms with E-state index < -0.39 is 28.8 Å². The summed E-state index contributed by atoms with van der Waals surface area (Å²) in [4.78, 5) is 26.2. The topological polar surface area (TPSA) is 85.9 Å². The van der Waals surface area contributed by atoms with Crippen molar-refractivity contribution in [3.05, 3.63) is 65.7 Å². The van der Waals surface area contributed by atoms with E-state index in [1.165, 1.54) is 0 Å². The number of rotatable bonds is 11. The van der Waals surface area contributed by atoms with Crippen molar-refractivity contribution in [3.63, 3.8) is 0 Å². The van der Waals surface area contributed by atoms with E-state index in [2.05, 4.69) is 10.6 Å². The first-order chi connectivity index (χ1) is 16.3. The van der Waals surface area contributed by atoms with Gasteiger partial charge >= 0.3 is 11.9 Å². The smallest absolute Gasteiger partial charge is 0.342 e. The highest BCUT2D eigenvalue weighted by molar-refractivity contribution is 5.82. The maximum atomic E-state index is 13.6. The van der Waals surface area contributed by atoms with E-state index in [9.17, 15) is 9.59 Å².